The maximum Gasteiger partial charge on any atom is 0.237 e. The van der Waals surface area contributed by atoms with Gasteiger partial charge in [-0.05, 0) is 29.7 Å². The maximum atomic E-state index is 11.9. The van der Waals surface area contributed by atoms with Crippen molar-refractivity contribution in [2.45, 2.75) is 32.7 Å². The van der Waals surface area contributed by atoms with Crippen LogP contribution in [0.1, 0.15) is 25.8 Å². The number of benzene rings is 1. The van der Waals surface area contributed by atoms with Gasteiger partial charge in [0.05, 0.1) is 6.04 Å². The molecule has 2 atom stereocenters. The molecule has 0 aromatic heterocycles. The number of nitrogens with two attached hydrogens (primary N) is 1. The number of hydrogen-bond acceptors (Lipinski definition) is 2. The predicted octanol–water partition coefficient (Wildman–Crippen LogP) is 1.72. The highest BCUT2D eigenvalue weighted by atomic mass is 16.2. The van der Waals surface area contributed by atoms with Crippen LogP contribution in [0.25, 0.3) is 0 Å². The van der Waals surface area contributed by atoms with Crippen molar-refractivity contribution >= 4 is 5.91 Å². The fourth-order valence-electron chi connectivity index (χ4n) is 2.24. The first-order valence-corrected chi connectivity index (χ1v) is 6.56. The molecule has 0 spiro atoms. The van der Waals surface area contributed by atoms with Gasteiger partial charge in [-0.15, -0.1) is 0 Å². The van der Waals surface area contributed by atoms with Gasteiger partial charge in [0.2, 0.25) is 5.91 Å². The monoisotopic (exact) mass is 246 g/mol. The van der Waals surface area contributed by atoms with E-state index in [1.54, 1.807) is 0 Å². The molecule has 0 heterocycles. The normalized spacial score (nSPS) is 22.3. The summed E-state index contributed by atoms with van der Waals surface area (Å²) >= 11 is 0. The lowest BCUT2D eigenvalue weighted by Crippen LogP contribution is -2.42. The van der Waals surface area contributed by atoms with Crippen LogP contribution in [0, 0.1) is 11.3 Å². The van der Waals surface area contributed by atoms with Crippen LogP contribution in [-0.2, 0) is 11.2 Å². The molecule has 2 rings (SSSR count). The number of nitrogens with one attached hydrogen (secondary N) is 1. The predicted molar refractivity (Wildman–Crippen MR) is 73.0 cm³/mol. The Balaban J connectivity index is 1.75. The third-order valence-electron chi connectivity index (χ3n) is 3.88. The first-order chi connectivity index (χ1) is 8.49. The largest absolute Gasteiger partial charge is 0.354 e. The van der Waals surface area contributed by atoms with E-state index in [2.05, 4.69) is 19.2 Å². The van der Waals surface area contributed by atoms with Crippen molar-refractivity contribution in [1.82, 2.24) is 5.32 Å². The van der Waals surface area contributed by atoms with E-state index in [1.165, 1.54) is 6.42 Å². The van der Waals surface area contributed by atoms with Gasteiger partial charge in [-0.1, -0.05) is 44.2 Å². The molecule has 3 heteroatoms. The lowest BCUT2D eigenvalue weighted by atomic mass is 10.1. The van der Waals surface area contributed by atoms with E-state index >= 15 is 0 Å². The second-order valence-corrected chi connectivity index (χ2v) is 5.93. The summed E-state index contributed by atoms with van der Waals surface area (Å²) < 4.78 is 0. The molecule has 0 saturated heterocycles. The van der Waals surface area contributed by atoms with Crippen molar-refractivity contribution in [1.29, 1.82) is 0 Å². The van der Waals surface area contributed by atoms with Crippen LogP contribution in [0.3, 0.4) is 0 Å². The molecule has 1 fully saturated rings. The molecule has 3 nitrogen and oxygen atoms in total. The second-order valence-electron chi connectivity index (χ2n) is 5.93. The van der Waals surface area contributed by atoms with Crippen LogP contribution >= 0.6 is 0 Å². The third-order valence-corrected chi connectivity index (χ3v) is 3.88. The van der Waals surface area contributed by atoms with E-state index in [4.69, 9.17) is 5.73 Å². The van der Waals surface area contributed by atoms with Gasteiger partial charge >= 0.3 is 0 Å². The van der Waals surface area contributed by atoms with Gasteiger partial charge in [-0.25, -0.2) is 0 Å². The number of amides is 1. The summed E-state index contributed by atoms with van der Waals surface area (Å²) in [4.78, 5) is 11.9. The summed E-state index contributed by atoms with van der Waals surface area (Å²) in [5.74, 6) is 0.576. The van der Waals surface area contributed by atoms with Crippen molar-refractivity contribution < 1.29 is 4.79 Å². The molecular weight excluding hydrogens is 224 g/mol. The number of carbonyl (C=O) groups excluding carboxylic acids is 1. The topological polar surface area (TPSA) is 55.1 Å². The Bertz CT molecular complexity index is 414. The van der Waals surface area contributed by atoms with E-state index in [1.807, 2.05) is 30.3 Å². The lowest BCUT2D eigenvalue weighted by Gasteiger charge is -2.12. The number of rotatable bonds is 5. The van der Waals surface area contributed by atoms with E-state index < -0.39 is 6.04 Å². The average molecular weight is 246 g/mol. The third kappa shape index (κ3) is 3.33. The van der Waals surface area contributed by atoms with Gasteiger partial charge in [-0.2, -0.15) is 0 Å². The highest BCUT2D eigenvalue weighted by molar-refractivity contribution is 5.81. The van der Waals surface area contributed by atoms with Crippen molar-refractivity contribution in [2.75, 3.05) is 6.54 Å². The van der Waals surface area contributed by atoms with Gasteiger partial charge in [-0.3, -0.25) is 4.79 Å². The Labute approximate surface area is 109 Å². The van der Waals surface area contributed by atoms with Crippen LogP contribution in [0.2, 0.25) is 0 Å². The first kappa shape index (κ1) is 13.1. The Morgan fingerprint density at radius 1 is 1.44 bits per heavy atom. The maximum absolute atomic E-state index is 11.9. The first-order valence-electron chi connectivity index (χ1n) is 6.56. The van der Waals surface area contributed by atoms with Crippen molar-refractivity contribution in [2.24, 2.45) is 17.1 Å². The molecule has 0 bridgehead atoms. The average Bonchev–Trinajstić information content (AvgIpc) is 2.95. The zero-order chi connectivity index (χ0) is 13.2. The van der Waals surface area contributed by atoms with Gasteiger partial charge in [0.1, 0.15) is 0 Å². The lowest BCUT2D eigenvalue weighted by molar-refractivity contribution is -0.122. The SMILES string of the molecule is CC1(C)CC1CNC(=O)C(N)Cc1ccccc1. The van der Waals surface area contributed by atoms with Crippen LogP contribution in [0.4, 0.5) is 0 Å². The molecule has 1 aromatic rings. The molecule has 98 valence electrons. The number of carbonyl (C=O) groups is 1. The minimum absolute atomic E-state index is 0.0402. The molecule has 2 unspecified atom stereocenters. The molecule has 1 saturated carbocycles. The van der Waals surface area contributed by atoms with Crippen LogP contribution in [-0.4, -0.2) is 18.5 Å². The summed E-state index contributed by atoms with van der Waals surface area (Å²) in [5.41, 5.74) is 7.41. The van der Waals surface area contributed by atoms with Gasteiger partial charge in [0.15, 0.2) is 0 Å². The summed E-state index contributed by atoms with van der Waals surface area (Å²) in [5, 5.41) is 2.96. The zero-order valence-electron chi connectivity index (χ0n) is 11.1. The fourth-order valence-corrected chi connectivity index (χ4v) is 2.24. The van der Waals surface area contributed by atoms with Gasteiger partial charge < -0.3 is 11.1 Å². The molecule has 1 aliphatic rings. The summed E-state index contributed by atoms with van der Waals surface area (Å²) in [6.45, 7) is 5.22. The summed E-state index contributed by atoms with van der Waals surface area (Å²) in [7, 11) is 0. The number of hydrogen-bond donors (Lipinski definition) is 2. The standard InChI is InChI=1S/C15H22N2O/c1-15(2)9-12(15)10-17-14(18)13(16)8-11-6-4-3-5-7-11/h3-7,12-13H,8-10,16H2,1-2H3,(H,17,18). The smallest absolute Gasteiger partial charge is 0.237 e. The van der Waals surface area contributed by atoms with Crippen LogP contribution in [0.5, 0.6) is 0 Å². The van der Waals surface area contributed by atoms with Crippen molar-refractivity contribution in [3.63, 3.8) is 0 Å². The minimum Gasteiger partial charge on any atom is -0.354 e. The second kappa shape index (κ2) is 5.11. The molecule has 18 heavy (non-hydrogen) atoms. The molecule has 3 N–H and O–H groups in total. The molecular formula is C15H22N2O. The van der Waals surface area contributed by atoms with Crippen molar-refractivity contribution in [3.05, 3.63) is 35.9 Å². The van der Waals surface area contributed by atoms with E-state index in [0.717, 1.165) is 12.1 Å². The van der Waals surface area contributed by atoms with Gasteiger partial charge in [0.25, 0.3) is 0 Å². The summed E-state index contributed by atoms with van der Waals surface area (Å²) in [6.07, 6.45) is 1.79. The van der Waals surface area contributed by atoms with E-state index in [0.29, 0.717) is 17.8 Å². The van der Waals surface area contributed by atoms with Crippen molar-refractivity contribution in [3.8, 4) is 0 Å². The Hall–Kier alpha value is -1.35. The van der Waals surface area contributed by atoms with E-state index in [-0.39, 0.29) is 5.91 Å². The van der Waals surface area contributed by atoms with Crippen LogP contribution < -0.4 is 11.1 Å². The van der Waals surface area contributed by atoms with Crippen LogP contribution in [0.15, 0.2) is 30.3 Å². The Morgan fingerprint density at radius 2 is 2.06 bits per heavy atom. The Kier molecular flexibility index (Phi) is 3.71. The minimum atomic E-state index is -0.450. The highest BCUT2D eigenvalue weighted by Crippen LogP contribution is 2.50. The Morgan fingerprint density at radius 3 is 2.61 bits per heavy atom. The van der Waals surface area contributed by atoms with E-state index in [9.17, 15) is 4.79 Å². The van der Waals surface area contributed by atoms with Gasteiger partial charge in [0, 0.05) is 6.54 Å². The molecule has 1 aromatic carbocycles. The summed E-state index contributed by atoms with van der Waals surface area (Å²) in [6, 6.07) is 9.44. The molecule has 0 aliphatic heterocycles. The quantitative estimate of drug-likeness (QED) is 0.831. The highest BCUT2D eigenvalue weighted by Gasteiger charge is 2.45. The molecule has 1 aliphatic carbocycles. The zero-order valence-corrected chi connectivity index (χ0v) is 11.1. The fraction of sp³-hybridized carbons (Fsp3) is 0.533. The molecule has 0 radical (unpaired) electrons. The molecule has 1 amide bonds.